The van der Waals surface area contributed by atoms with Crippen LogP contribution in [0.4, 0.5) is 4.39 Å². The van der Waals surface area contributed by atoms with Gasteiger partial charge in [-0.2, -0.15) is 0 Å². The predicted molar refractivity (Wildman–Crippen MR) is 61.3 cm³/mol. The van der Waals surface area contributed by atoms with Crippen molar-refractivity contribution in [3.8, 4) is 11.5 Å². The molecule has 0 aliphatic heterocycles. The third kappa shape index (κ3) is 2.08. The molecule has 1 N–H and O–H groups in total. The van der Waals surface area contributed by atoms with Gasteiger partial charge < -0.3 is 9.52 Å². The summed E-state index contributed by atoms with van der Waals surface area (Å²) in [4.78, 5) is 14.5. The number of hydrogen-bond acceptors (Lipinski definition) is 3. The molecule has 0 aliphatic rings. The molecule has 6 heteroatoms. The van der Waals surface area contributed by atoms with E-state index in [1.165, 1.54) is 19.1 Å². The average Bonchev–Trinajstić information content (AvgIpc) is 2.64. The molecule has 0 aliphatic carbocycles. The van der Waals surface area contributed by atoms with Gasteiger partial charge in [0, 0.05) is 0 Å². The summed E-state index contributed by atoms with van der Waals surface area (Å²) in [5.74, 6) is -1.64. The Balaban J connectivity index is 2.58. The van der Waals surface area contributed by atoms with Crippen LogP contribution in [0.2, 0.25) is 0 Å². The molecule has 2 rings (SSSR count). The molecule has 0 unspecified atom stereocenters. The second-order valence-corrected chi connectivity index (χ2v) is 4.18. The van der Waals surface area contributed by atoms with Crippen LogP contribution in [-0.4, -0.2) is 16.1 Å². The lowest BCUT2D eigenvalue weighted by molar-refractivity contribution is 0.0689. The minimum atomic E-state index is -1.20. The number of carbonyl (C=O) groups is 1. The molecule has 17 heavy (non-hydrogen) atoms. The van der Waals surface area contributed by atoms with Crippen molar-refractivity contribution in [2.45, 2.75) is 6.92 Å². The van der Waals surface area contributed by atoms with Gasteiger partial charge in [-0.05, 0) is 35.0 Å². The van der Waals surface area contributed by atoms with Gasteiger partial charge in [0.1, 0.15) is 11.6 Å². The van der Waals surface area contributed by atoms with Crippen molar-refractivity contribution in [2.24, 2.45) is 0 Å². The largest absolute Gasteiger partial charge is 0.476 e. The van der Waals surface area contributed by atoms with Crippen molar-refractivity contribution < 1.29 is 18.7 Å². The van der Waals surface area contributed by atoms with Crippen LogP contribution in [0.1, 0.15) is 16.2 Å². The maximum atomic E-state index is 13.7. The molecule has 1 aromatic carbocycles. The van der Waals surface area contributed by atoms with Gasteiger partial charge in [0.25, 0.3) is 0 Å². The van der Waals surface area contributed by atoms with Crippen molar-refractivity contribution in [3.05, 3.63) is 39.9 Å². The highest BCUT2D eigenvalue weighted by molar-refractivity contribution is 9.10. The predicted octanol–water partition coefficient (Wildman–Crippen LogP) is 3.25. The summed E-state index contributed by atoms with van der Waals surface area (Å²) >= 11 is 3.04. The molecule has 0 amide bonds. The smallest absolute Gasteiger partial charge is 0.358 e. The molecule has 2 aromatic rings. The quantitative estimate of drug-likeness (QED) is 0.924. The van der Waals surface area contributed by atoms with Crippen LogP contribution < -0.4 is 0 Å². The average molecular weight is 300 g/mol. The molecule has 0 bridgehead atoms. The van der Waals surface area contributed by atoms with Gasteiger partial charge in [0.05, 0.1) is 10.0 Å². The first kappa shape index (κ1) is 11.8. The molecule has 0 saturated carbocycles. The Kier molecular flexibility index (Phi) is 2.97. The lowest BCUT2D eigenvalue weighted by Crippen LogP contribution is -1.98. The standard InChI is InChI=1S/C11H7BrFNO3/c1-5-9(11(15)16)14-10(17-5)6-3-2-4-7(12)8(6)13/h2-4H,1H3,(H,15,16). The first-order valence-corrected chi connectivity index (χ1v) is 5.45. The van der Waals surface area contributed by atoms with E-state index >= 15 is 0 Å². The second-order valence-electron chi connectivity index (χ2n) is 3.33. The number of carboxylic acids is 1. The van der Waals surface area contributed by atoms with Crippen LogP contribution >= 0.6 is 15.9 Å². The van der Waals surface area contributed by atoms with Crippen molar-refractivity contribution >= 4 is 21.9 Å². The van der Waals surface area contributed by atoms with Crippen LogP contribution in [-0.2, 0) is 0 Å². The van der Waals surface area contributed by atoms with E-state index in [0.29, 0.717) is 0 Å². The molecule has 0 saturated heterocycles. The normalized spacial score (nSPS) is 10.5. The number of halogens is 2. The van der Waals surface area contributed by atoms with Crippen LogP contribution in [0.5, 0.6) is 0 Å². The second kappa shape index (κ2) is 4.29. The Morgan fingerprint density at radius 1 is 1.53 bits per heavy atom. The van der Waals surface area contributed by atoms with Crippen molar-refractivity contribution in [3.63, 3.8) is 0 Å². The zero-order valence-corrected chi connectivity index (χ0v) is 10.3. The topological polar surface area (TPSA) is 63.3 Å². The monoisotopic (exact) mass is 299 g/mol. The number of oxazole rings is 1. The molecule has 0 fully saturated rings. The van der Waals surface area contributed by atoms with E-state index in [0.717, 1.165) is 0 Å². The SMILES string of the molecule is Cc1oc(-c2cccc(Br)c2F)nc1C(=O)O. The number of benzene rings is 1. The summed E-state index contributed by atoms with van der Waals surface area (Å²) in [5, 5.41) is 8.82. The summed E-state index contributed by atoms with van der Waals surface area (Å²) in [5.41, 5.74) is -0.0886. The van der Waals surface area contributed by atoms with Gasteiger partial charge in [0.2, 0.25) is 5.89 Å². The highest BCUT2D eigenvalue weighted by Gasteiger charge is 2.19. The van der Waals surface area contributed by atoms with E-state index in [-0.39, 0.29) is 27.4 Å². The van der Waals surface area contributed by atoms with Crippen LogP contribution in [0.25, 0.3) is 11.5 Å². The summed E-state index contributed by atoms with van der Waals surface area (Å²) in [6.07, 6.45) is 0. The Hall–Kier alpha value is -1.69. The lowest BCUT2D eigenvalue weighted by atomic mass is 10.2. The van der Waals surface area contributed by atoms with Crippen molar-refractivity contribution in [1.29, 1.82) is 0 Å². The summed E-state index contributed by atoms with van der Waals surface area (Å²) in [6.45, 7) is 1.47. The van der Waals surface area contributed by atoms with E-state index in [4.69, 9.17) is 9.52 Å². The Morgan fingerprint density at radius 2 is 2.24 bits per heavy atom. The fraction of sp³-hybridized carbons (Fsp3) is 0.0909. The van der Waals surface area contributed by atoms with E-state index < -0.39 is 11.8 Å². The molecule has 0 radical (unpaired) electrons. The van der Waals surface area contributed by atoms with E-state index in [2.05, 4.69) is 20.9 Å². The van der Waals surface area contributed by atoms with Gasteiger partial charge in [-0.25, -0.2) is 14.2 Å². The highest BCUT2D eigenvalue weighted by Crippen LogP contribution is 2.28. The van der Waals surface area contributed by atoms with E-state index in [1.54, 1.807) is 6.07 Å². The minimum absolute atomic E-state index is 0.0429. The molecule has 88 valence electrons. The van der Waals surface area contributed by atoms with Crippen LogP contribution in [0, 0.1) is 12.7 Å². The number of aromatic nitrogens is 1. The van der Waals surface area contributed by atoms with Gasteiger partial charge in [-0.3, -0.25) is 0 Å². The summed E-state index contributed by atoms with van der Waals surface area (Å²) in [6, 6.07) is 4.62. The van der Waals surface area contributed by atoms with E-state index in [9.17, 15) is 9.18 Å². The fourth-order valence-electron chi connectivity index (χ4n) is 1.38. The number of aromatic carboxylic acids is 1. The minimum Gasteiger partial charge on any atom is -0.476 e. The number of rotatable bonds is 2. The number of hydrogen-bond donors (Lipinski definition) is 1. The number of nitrogens with zero attached hydrogens (tertiary/aromatic N) is 1. The number of aryl methyl sites for hydroxylation is 1. The van der Waals surface area contributed by atoms with Gasteiger partial charge in [0.15, 0.2) is 5.69 Å². The molecule has 1 heterocycles. The Morgan fingerprint density at radius 3 is 2.82 bits per heavy atom. The van der Waals surface area contributed by atoms with Gasteiger partial charge in [-0.1, -0.05) is 6.07 Å². The van der Waals surface area contributed by atoms with Crippen LogP contribution in [0.3, 0.4) is 0 Å². The van der Waals surface area contributed by atoms with Gasteiger partial charge >= 0.3 is 5.97 Å². The van der Waals surface area contributed by atoms with E-state index in [1.807, 2.05) is 0 Å². The molecular formula is C11H7BrFNO3. The Labute approximate surface area is 104 Å². The maximum Gasteiger partial charge on any atom is 0.358 e. The van der Waals surface area contributed by atoms with Crippen molar-refractivity contribution in [1.82, 2.24) is 4.98 Å². The Bertz CT molecular complexity index is 594. The first-order chi connectivity index (χ1) is 8.00. The number of carboxylic acid groups (broad SMARTS) is 1. The van der Waals surface area contributed by atoms with Gasteiger partial charge in [-0.15, -0.1) is 0 Å². The molecule has 1 aromatic heterocycles. The van der Waals surface area contributed by atoms with Crippen molar-refractivity contribution in [2.75, 3.05) is 0 Å². The lowest BCUT2D eigenvalue weighted by Gasteiger charge is -1.99. The summed E-state index contributed by atoms with van der Waals surface area (Å²) < 4.78 is 19.1. The molecule has 4 nitrogen and oxygen atoms in total. The zero-order chi connectivity index (χ0) is 12.6. The molecule has 0 atom stereocenters. The first-order valence-electron chi connectivity index (χ1n) is 4.66. The zero-order valence-electron chi connectivity index (χ0n) is 8.70. The highest BCUT2D eigenvalue weighted by atomic mass is 79.9. The third-order valence-electron chi connectivity index (χ3n) is 2.18. The fourth-order valence-corrected chi connectivity index (χ4v) is 1.75. The molecule has 0 spiro atoms. The third-order valence-corrected chi connectivity index (χ3v) is 2.79. The molecular weight excluding hydrogens is 293 g/mol. The maximum absolute atomic E-state index is 13.7. The van der Waals surface area contributed by atoms with Crippen LogP contribution in [0.15, 0.2) is 27.1 Å². The summed E-state index contributed by atoms with van der Waals surface area (Å²) in [7, 11) is 0.